The monoisotopic (exact) mass is 567 g/mol. The normalized spacial score (nSPS) is 14.8. The van der Waals surface area contributed by atoms with E-state index in [2.05, 4.69) is 14.9 Å². The first-order valence-electron chi connectivity index (χ1n) is 12.3. The molecule has 7 nitrogen and oxygen atoms in total. The fourth-order valence-corrected chi connectivity index (χ4v) is 4.40. The Kier molecular flexibility index (Phi) is 8.24. The Morgan fingerprint density at radius 2 is 1.55 bits per heavy atom. The molecule has 1 fully saturated rings. The number of para-hydroxylation sites is 1. The Bertz CT molecular complexity index is 1340. The number of piperazine rings is 1. The molecule has 1 saturated heterocycles. The second-order valence-corrected chi connectivity index (χ2v) is 9.50. The zero-order valence-corrected chi connectivity index (χ0v) is 22.0. The third-order valence-electron chi connectivity index (χ3n) is 6.58. The molecule has 0 radical (unpaired) electrons. The van der Waals surface area contributed by atoms with Gasteiger partial charge in [0.2, 0.25) is 5.95 Å². The summed E-state index contributed by atoms with van der Waals surface area (Å²) in [4.78, 5) is 27.8. The van der Waals surface area contributed by atoms with Crippen molar-refractivity contribution >= 4 is 11.9 Å². The maximum atomic E-state index is 13.7. The third-order valence-corrected chi connectivity index (χ3v) is 6.58. The molecule has 3 aromatic rings. The summed E-state index contributed by atoms with van der Waals surface area (Å²) >= 11 is 0. The predicted molar refractivity (Wildman–Crippen MR) is 136 cm³/mol. The first-order valence-corrected chi connectivity index (χ1v) is 12.3. The largest absolute Gasteiger partial charge is 0.496 e. The van der Waals surface area contributed by atoms with Gasteiger partial charge in [0.15, 0.2) is 0 Å². The van der Waals surface area contributed by atoms with Gasteiger partial charge in [-0.05, 0) is 36.9 Å². The minimum Gasteiger partial charge on any atom is -0.496 e. The molecule has 1 amide bonds. The lowest BCUT2D eigenvalue weighted by Gasteiger charge is -2.32. The summed E-state index contributed by atoms with van der Waals surface area (Å²) in [5.74, 6) is 0.0226. The van der Waals surface area contributed by atoms with E-state index >= 15 is 0 Å². The number of ether oxygens (including phenoxy) is 1. The van der Waals surface area contributed by atoms with Gasteiger partial charge in [-0.25, -0.2) is 9.97 Å². The lowest BCUT2D eigenvalue weighted by Crippen LogP contribution is -2.45. The van der Waals surface area contributed by atoms with Crippen molar-refractivity contribution in [2.75, 3.05) is 52.3 Å². The van der Waals surface area contributed by atoms with Crippen LogP contribution in [0.15, 0.2) is 48.7 Å². The molecule has 2 heterocycles. The van der Waals surface area contributed by atoms with Crippen LogP contribution in [-0.2, 0) is 18.9 Å². The van der Waals surface area contributed by atoms with Gasteiger partial charge in [-0.15, -0.1) is 0 Å². The Labute approximate surface area is 227 Å². The van der Waals surface area contributed by atoms with Crippen LogP contribution in [0.1, 0.15) is 27.2 Å². The summed E-state index contributed by atoms with van der Waals surface area (Å²) in [6.07, 6.45) is -8.52. The Morgan fingerprint density at radius 1 is 0.950 bits per heavy atom. The number of carbonyl (C=O) groups excluding carboxylic acids is 1. The van der Waals surface area contributed by atoms with Gasteiger partial charge in [-0.2, -0.15) is 26.3 Å². The van der Waals surface area contributed by atoms with Crippen LogP contribution in [0.2, 0.25) is 0 Å². The smallest absolute Gasteiger partial charge is 0.416 e. The molecule has 0 atom stereocenters. The number of alkyl halides is 6. The van der Waals surface area contributed by atoms with E-state index in [9.17, 15) is 31.1 Å². The van der Waals surface area contributed by atoms with E-state index in [0.29, 0.717) is 48.0 Å². The van der Waals surface area contributed by atoms with Crippen LogP contribution in [0.5, 0.6) is 5.75 Å². The van der Waals surface area contributed by atoms with Crippen molar-refractivity contribution < 1.29 is 35.9 Å². The fourth-order valence-electron chi connectivity index (χ4n) is 4.40. The first kappa shape index (κ1) is 29.1. The predicted octanol–water partition coefficient (Wildman–Crippen LogP) is 5.21. The zero-order chi connectivity index (χ0) is 29.2. The lowest BCUT2D eigenvalue weighted by molar-refractivity contribution is -0.143. The average molecular weight is 568 g/mol. The number of likely N-dealkylation sites (N-methyl/N-ethyl adjacent to an activating group) is 1. The van der Waals surface area contributed by atoms with Crippen molar-refractivity contribution in [3.8, 4) is 16.9 Å². The van der Waals surface area contributed by atoms with Crippen LogP contribution >= 0.6 is 0 Å². The number of anilines is 1. The molecule has 1 aromatic heterocycles. The first-order chi connectivity index (χ1) is 18.8. The number of methoxy groups -OCH3 is 1. The number of nitrogens with zero attached hydrogens (tertiary/aromatic N) is 5. The van der Waals surface area contributed by atoms with Gasteiger partial charge in [0.1, 0.15) is 11.4 Å². The van der Waals surface area contributed by atoms with Gasteiger partial charge < -0.3 is 19.4 Å². The van der Waals surface area contributed by atoms with Crippen LogP contribution in [-0.4, -0.2) is 73.1 Å². The van der Waals surface area contributed by atoms with Gasteiger partial charge >= 0.3 is 12.4 Å². The molecule has 0 N–H and O–H groups in total. The van der Waals surface area contributed by atoms with Crippen LogP contribution in [0.3, 0.4) is 0 Å². The van der Waals surface area contributed by atoms with E-state index in [-0.39, 0.29) is 17.3 Å². The highest BCUT2D eigenvalue weighted by Gasteiger charge is 2.37. The van der Waals surface area contributed by atoms with Gasteiger partial charge in [-0.1, -0.05) is 18.2 Å². The molecule has 0 spiro atoms. The molecule has 214 valence electrons. The molecule has 0 bridgehead atoms. The summed E-state index contributed by atoms with van der Waals surface area (Å²) in [5.41, 5.74) is -2.47. The van der Waals surface area contributed by atoms with Crippen molar-refractivity contribution in [3.63, 3.8) is 0 Å². The van der Waals surface area contributed by atoms with E-state index in [0.717, 1.165) is 18.0 Å². The summed E-state index contributed by atoms with van der Waals surface area (Å²) in [5, 5.41) is 0. The van der Waals surface area contributed by atoms with Crippen LogP contribution < -0.4 is 9.64 Å². The van der Waals surface area contributed by atoms with Crippen molar-refractivity contribution in [2.24, 2.45) is 0 Å². The number of carbonyl (C=O) groups is 1. The second kappa shape index (κ2) is 11.3. The number of hydrogen-bond acceptors (Lipinski definition) is 6. The number of hydrogen-bond donors (Lipinski definition) is 0. The molecule has 2 aromatic carbocycles. The molecule has 0 saturated carbocycles. The lowest BCUT2D eigenvalue weighted by atomic mass is 10.0. The summed E-state index contributed by atoms with van der Waals surface area (Å²) < 4.78 is 85.7. The topological polar surface area (TPSA) is 61.8 Å². The number of benzene rings is 2. The van der Waals surface area contributed by atoms with E-state index in [1.165, 1.54) is 20.4 Å². The molecule has 13 heteroatoms. The molecular weight excluding hydrogens is 540 g/mol. The van der Waals surface area contributed by atoms with E-state index in [4.69, 9.17) is 4.74 Å². The van der Waals surface area contributed by atoms with Gasteiger partial charge in [-0.3, -0.25) is 4.79 Å². The molecule has 0 unspecified atom stereocenters. The minimum absolute atomic E-state index is 0.0534. The van der Waals surface area contributed by atoms with Gasteiger partial charge in [0, 0.05) is 57.1 Å². The number of rotatable bonds is 6. The second-order valence-electron chi connectivity index (χ2n) is 9.50. The van der Waals surface area contributed by atoms with E-state index in [1.54, 1.807) is 24.3 Å². The van der Waals surface area contributed by atoms with Crippen molar-refractivity contribution in [2.45, 2.75) is 18.9 Å². The van der Waals surface area contributed by atoms with Crippen molar-refractivity contribution in [1.29, 1.82) is 0 Å². The van der Waals surface area contributed by atoms with Crippen LogP contribution in [0.25, 0.3) is 11.1 Å². The zero-order valence-electron chi connectivity index (χ0n) is 22.0. The summed E-state index contributed by atoms with van der Waals surface area (Å²) in [7, 11) is 4.72. The number of halogens is 6. The Hall–Kier alpha value is -3.87. The standard InChI is InChI=1S/C27H27F6N5O2/c1-36-8-10-38(11-9-36)25-34-15-21(20-6-4-5-7-22(20)40-3)23(35-25)24(39)37(2)16-17-12-18(26(28,29)30)14-19(13-17)27(31,32)33/h4-7,12-15H,8-11,16H2,1-3H3. The van der Waals surface area contributed by atoms with Gasteiger partial charge in [0.05, 0.1) is 18.2 Å². The maximum Gasteiger partial charge on any atom is 0.416 e. The minimum atomic E-state index is -5.00. The highest BCUT2D eigenvalue weighted by atomic mass is 19.4. The molecule has 1 aliphatic heterocycles. The number of amides is 1. The highest BCUT2D eigenvalue weighted by molar-refractivity contribution is 5.99. The maximum absolute atomic E-state index is 13.7. The molecule has 1 aliphatic rings. The Balaban J connectivity index is 1.74. The summed E-state index contributed by atoms with van der Waals surface area (Å²) in [6, 6.07) is 8.12. The van der Waals surface area contributed by atoms with Crippen LogP contribution in [0.4, 0.5) is 32.3 Å². The third kappa shape index (κ3) is 6.46. The molecular formula is C27H27F6N5O2. The average Bonchev–Trinajstić information content (AvgIpc) is 2.91. The molecule has 40 heavy (non-hydrogen) atoms. The Morgan fingerprint density at radius 3 is 2.12 bits per heavy atom. The fraction of sp³-hybridized carbons (Fsp3) is 0.370. The van der Waals surface area contributed by atoms with Gasteiger partial charge in [0.25, 0.3) is 5.91 Å². The van der Waals surface area contributed by atoms with Crippen molar-refractivity contribution in [3.05, 3.63) is 71.0 Å². The van der Waals surface area contributed by atoms with Crippen LogP contribution in [0, 0.1) is 0 Å². The quantitative estimate of drug-likeness (QED) is 0.381. The van der Waals surface area contributed by atoms with E-state index < -0.39 is 35.9 Å². The molecule has 0 aliphatic carbocycles. The SMILES string of the molecule is COc1ccccc1-c1cnc(N2CCN(C)CC2)nc1C(=O)N(C)Cc1cc(C(F)(F)F)cc(C(F)(F)F)c1. The summed E-state index contributed by atoms with van der Waals surface area (Å²) in [6.45, 7) is 2.19. The van der Waals surface area contributed by atoms with Crippen molar-refractivity contribution in [1.82, 2.24) is 19.8 Å². The van der Waals surface area contributed by atoms with E-state index in [1.807, 2.05) is 11.9 Å². The molecule has 4 rings (SSSR count). The highest BCUT2D eigenvalue weighted by Crippen LogP contribution is 2.37. The number of aromatic nitrogens is 2.